The standard InChI is InChI=1S/C19H15F2NO4S2/c1-12-10-17(27-18(12)19(23)24)28(25,26)22(16-9-5-4-8-15(16)21)11-13-6-2-3-7-14(13)20/h2-10H,11H2,1H3,(H,23,24). The number of carbonyl (C=O) groups is 1. The monoisotopic (exact) mass is 423 g/mol. The lowest BCUT2D eigenvalue weighted by Gasteiger charge is -2.24. The van der Waals surface area contributed by atoms with Crippen molar-refractivity contribution in [1.82, 2.24) is 0 Å². The van der Waals surface area contributed by atoms with Crippen LogP contribution in [0, 0.1) is 18.6 Å². The smallest absolute Gasteiger partial charge is 0.346 e. The van der Waals surface area contributed by atoms with E-state index in [0.29, 0.717) is 11.3 Å². The first-order valence-corrected chi connectivity index (χ1v) is 10.3. The van der Waals surface area contributed by atoms with Crippen molar-refractivity contribution in [2.45, 2.75) is 17.7 Å². The Labute approximate surface area is 164 Å². The Morgan fingerprint density at radius 3 is 2.25 bits per heavy atom. The summed E-state index contributed by atoms with van der Waals surface area (Å²) < 4.78 is 55.5. The molecule has 0 unspecified atom stereocenters. The van der Waals surface area contributed by atoms with E-state index in [1.807, 2.05) is 0 Å². The van der Waals surface area contributed by atoms with Crippen molar-refractivity contribution in [3.8, 4) is 0 Å². The predicted octanol–water partition coefficient (Wildman–Crippen LogP) is 4.43. The fourth-order valence-corrected chi connectivity index (χ4v) is 5.58. The van der Waals surface area contributed by atoms with Gasteiger partial charge in [-0.3, -0.25) is 4.31 Å². The molecular formula is C19H15F2NO4S2. The molecule has 3 rings (SSSR count). The maximum atomic E-state index is 14.4. The van der Waals surface area contributed by atoms with Crippen LogP contribution in [0.25, 0.3) is 0 Å². The van der Waals surface area contributed by atoms with E-state index in [1.165, 1.54) is 49.4 Å². The number of halogens is 2. The van der Waals surface area contributed by atoms with Crippen molar-refractivity contribution in [1.29, 1.82) is 0 Å². The van der Waals surface area contributed by atoms with Crippen LogP contribution in [0.5, 0.6) is 0 Å². The summed E-state index contributed by atoms with van der Waals surface area (Å²) in [5.41, 5.74) is 0.0743. The number of benzene rings is 2. The minimum Gasteiger partial charge on any atom is -0.477 e. The normalized spacial score (nSPS) is 11.4. The Bertz CT molecular complexity index is 1140. The molecule has 9 heteroatoms. The minimum atomic E-state index is -4.34. The van der Waals surface area contributed by atoms with Gasteiger partial charge in [-0.2, -0.15) is 0 Å². The van der Waals surface area contributed by atoms with Crippen LogP contribution in [0.2, 0.25) is 0 Å². The maximum Gasteiger partial charge on any atom is 0.346 e. The molecule has 1 N–H and O–H groups in total. The fourth-order valence-electron chi connectivity index (χ4n) is 2.64. The van der Waals surface area contributed by atoms with E-state index in [-0.39, 0.29) is 25.9 Å². The van der Waals surface area contributed by atoms with Crippen molar-refractivity contribution in [3.63, 3.8) is 0 Å². The first-order chi connectivity index (χ1) is 13.2. The molecule has 0 atom stereocenters. The zero-order chi connectivity index (χ0) is 20.5. The van der Waals surface area contributed by atoms with E-state index in [0.717, 1.165) is 10.4 Å². The molecule has 1 aromatic heterocycles. The average molecular weight is 423 g/mol. The second-order valence-corrected chi connectivity index (χ2v) is 9.08. The molecule has 5 nitrogen and oxygen atoms in total. The van der Waals surface area contributed by atoms with Crippen LogP contribution in [0.15, 0.2) is 58.8 Å². The third-order valence-corrected chi connectivity index (χ3v) is 7.46. The van der Waals surface area contributed by atoms with Gasteiger partial charge in [-0.05, 0) is 36.8 Å². The van der Waals surface area contributed by atoms with E-state index in [1.54, 1.807) is 6.07 Å². The average Bonchev–Trinajstić information content (AvgIpc) is 3.05. The number of hydrogen-bond acceptors (Lipinski definition) is 4. The second-order valence-electron chi connectivity index (χ2n) is 5.94. The van der Waals surface area contributed by atoms with Gasteiger partial charge in [-0.15, -0.1) is 11.3 Å². The summed E-state index contributed by atoms with van der Waals surface area (Å²) in [6, 6.07) is 12.0. The summed E-state index contributed by atoms with van der Waals surface area (Å²) in [6.07, 6.45) is 0. The molecule has 0 spiro atoms. The van der Waals surface area contributed by atoms with Crippen LogP contribution in [0.4, 0.5) is 14.5 Å². The zero-order valence-electron chi connectivity index (χ0n) is 14.6. The van der Waals surface area contributed by atoms with Gasteiger partial charge < -0.3 is 5.11 Å². The molecule has 1 heterocycles. The molecule has 28 heavy (non-hydrogen) atoms. The molecule has 0 aliphatic heterocycles. The lowest BCUT2D eigenvalue weighted by Crippen LogP contribution is -2.31. The van der Waals surface area contributed by atoms with Gasteiger partial charge in [0.2, 0.25) is 0 Å². The summed E-state index contributed by atoms with van der Waals surface area (Å²) in [5.74, 6) is -2.68. The van der Waals surface area contributed by atoms with E-state index < -0.39 is 34.2 Å². The molecule has 0 amide bonds. The maximum absolute atomic E-state index is 14.4. The fraction of sp³-hybridized carbons (Fsp3) is 0.105. The molecule has 146 valence electrons. The molecule has 2 aromatic carbocycles. The van der Waals surface area contributed by atoms with Gasteiger partial charge in [0.05, 0.1) is 12.2 Å². The Balaban J connectivity index is 2.15. The number of aryl methyl sites for hydroxylation is 1. The Morgan fingerprint density at radius 2 is 1.68 bits per heavy atom. The number of aromatic carboxylic acids is 1. The van der Waals surface area contributed by atoms with Gasteiger partial charge in [0.1, 0.15) is 20.7 Å². The molecule has 0 fully saturated rings. The number of anilines is 1. The molecule has 0 bridgehead atoms. The van der Waals surface area contributed by atoms with Gasteiger partial charge in [-0.1, -0.05) is 30.3 Å². The number of sulfonamides is 1. The Morgan fingerprint density at radius 1 is 1.07 bits per heavy atom. The highest BCUT2D eigenvalue weighted by molar-refractivity contribution is 7.94. The highest BCUT2D eigenvalue weighted by Gasteiger charge is 2.31. The van der Waals surface area contributed by atoms with Crippen LogP contribution in [0.1, 0.15) is 20.8 Å². The highest BCUT2D eigenvalue weighted by Crippen LogP contribution is 2.33. The topological polar surface area (TPSA) is 74.7 Å². The van der Waals surface area contributed by atoms with Gasteiger partial charge >= 0.3 is 5.97 Å². The SMILES string of the molecule is Cc1cc(S(=O)(=O)N(Cc2ccccc2F)c2ccccc2F)sc1C(=O)O. The summed E-state index contributed by atoms with van der Waals surface area (Å²) >= 11 is 0.573. The number of nitrogens with zero attached hydrogens (tertiary/aromatic N) is 1. The second kappa shape index (κ2) is 7.69. The van der Waals surface area contributed by atoms with Crippen LogP contribution < -0.4 is 4.31 Å². The largest absolute Gasteiger partial charge is 0.477 e. The number of carboxylic acid groups (broad SMARTS) is 1. The van der Waals surface area contributed by atoms with Crippen LogP contribution in [-0.4, -0.2) is 19.5 Å². The first kappa shape index (κ1) is 20.0. The van der Waals surface area contributed by atoms with Crippen molar-refractivity contribution in [2.24, 2.45) is 0 Å². The van der Waals surface area contributed by atoms with Gasteiger partial charge in [0.25, 0.3) is 10.0 Å². The third kappa shape index (κ3) is 3.76. The molecule has 3 aromatic rings. The summed E-state index contributed by atoms with van der Waals surface area (Å²) in [5, 5.41) is 9.21. The van der Waals surface area contributed by atoms with E-state index in [2.05, 4.69) is 0 Å². The van der Waals surface area contributed by atoms with E-state index >= 15 is 0 Å². The summed E-state index contributed by atoms with van der Waals surface area (Å²) in [7, 11) is -4.34. The lowest BCUT2D eigenvalue weighted by molar-refractivity contribution is 0.0701. The summed E-state index contributed by atoms with van der Waals surface area (Å²) in [4.78, 5) is 11.2. The molecule has 0 saturated heterocycles. The molecule has 0 aliphatic rings. The van der Waals surface area contributed by atoms with Crippen molar-refractivity contribution in [3.05, 3.63) is 82.2 Å². The number of para-hydroxylation sites is 1. The zero-order valence-corrected chi connectivity index (χ0v) is 16.2. The molecule has 0 saturated carbocycles. The highest BCUT2D eigenvalue weighted by atomic mass is 32.2. The number of carboxylic acids is 1. The number of thiophene rings is 1. The minimum absolute atomic E-state index is 0.0565. The van der Waals surface area contributed by atoms with Crippen LogP contribution in [0.3, 0.4) is 0 Å². The van der Waals surface area contributed by atoms with Gasteiger partial charge in [-0.25, -0.2) is 22.0 Å². The van der Waals surface area contributed by atoms with Crippen LogP contribution in [-0.2, 0) is 16.6 Å². The molecule has 0 aliphatic carbocycles. The van der Waals surface area contributed by atoms with Crippen molar-refractivity contribution in [2.75, 3.05) is 4.31 Å². The summed E-state index contributed by atoms with van der Waals surface area (Å²) in [6.45, 7) is 1.03. The number of rotatable bonds is 6. The Hall–Kier alpha value is -2.78. The quantitative estimate of drug-likeness (QED) is 0.637. The molecular weight excluding hydrogens is 408 g/mol. The predicted molar refractivity (Wildman–Crippen MR) is 102 cm³/mol. The van der Waals surface area contributed by atoms with E-state index in [4.69, 9.17) is 0 Å². The first-order valence-electron chi connectivity index (χ1n) is 8.06. The van der Waals surface area contributed by atoms with Crippen molar-refractivity contribution < 1.29 is 27.1 Å². The molecule has 0 radical (unpaired) electrons. The van der Waals surface area contributed by atoms with Gasteiger partial charge in [0.15, 0.2) is 0 Å². The lowest BCUT2D eigenvalue weighted by atomic mass is 10.2. The Kier molecular flexibility index (Phi) is 5.48. The number of hydrogen-bond donors (Lipinski definition) is 1. The van der Waals surface area contributed by atoms with Crippen LogP contribution >= 0.6 is 11.3 Å². The van der Waals surface area contributed by atoms with E-state index in [9.17, 15) is 27.1 Å². The van der Waals surface area contributed by atoms with Gasteiger partial charge in [0, 0.05) is 5.56 Å². The van der Waals surface area contributed by atoms with Crippen molar-refractivity contribution >= 4 is 33.0 Å². The third-order valence-electron chi connectivity index (χ3n) is 4.03.